The summed E-state index contributed by atoms with van der Waals surface area (Å²) in [5, 5.41) is 3.03. The average Bonchev–Trinajstić information content (AvgIpc) is 2.38. The standard InChI is InChI=1S/C11H13F3N4O/c12-11(13,14)9-5-7(1-2-17-9)8-6-16-3-4-18(8)10(15)19/h1-2,5,8,16H,3-4,6H2,(H2,15,19). The minimum Gasteiger partial charge on any atom is -0.351 e. The number of hydrogen-bond acceptors (Lipinski definition) is 3. The molecule has 0 bridgehead atoms. The molecule has 1 atom stereocenters. The van der Waals surface area contributed by atoms with Gasteiger partial charge in [-0.3, -0.25) is 4.98 Å². The Bertz CT molecular complexity index is 477. The molecule has 1 aliphatic rings. The van der Waals surface area contributed by atoms with Gasteiger partial charge in [0.05, 0.1) is 6.04 Å². The molecule has 1 aromatic rings. The molecule has 2 rings (SSSR count). The number of piperazine rings is 1. The molecule has 0 aromatic carbocycles. The van der Waals surface area contributed by atoms with Crippen LogP contribution in [0.15, 0.2) is 18.3 Å². The molecule has 8 heteroatoms. The number of carbonyl (C=O) groups is 1. The Morgan fingerprint density at radius 3 is 2.89 bits per heavy atom. The van der Waals surface area contributed by atoms with Crippen LogP contribution < -0.4 is 11.1 Å². The van der Waals surface area contributed by atoms with Crippen LogP contribution in [0, 0.1) is 0 Å². The summed E-state index contributed by atoms with van der Waals surface area (Å²) in [5.41, 5.74) is 4.64. The Balaban J connectivity index is 2.32. The number of rotatable bonds is 1. The van der Waals surface area contributed by atoms with E-state index in [2.05, 4.69) is 10.3 Å². The van der Waals surface area contributed by atoms with Gasteiger partial charge in [-0.1, -0.05) is 0 Å². The number of nitrogens with one attached hydrogen (secondary N) is 1. The molecule has 0 saturated carbocycles. The van der Waals surface area contributed by atoms with E-state index in [1.807, 2.05) is 0 Å². The highest BCUT2D eigenvalue weighted by Gasteiger charge is 2.34. The summed E-state index contributed by atoms with van der Waals surface area (Å²) in [6, 6.07) is 1.27. The predicted molar refractivity (Wildman–Crippen MR) is 61.1 cm³/mol. The SMILES string of the molecule is NC(=O)N1CCNCC1c1ccnc(C(F)(F)F)c1. The Morgan fingerprint density at radius 2 is 2.26 bits per heavy atom. The van der Waals surface area contributed by atoms with Gasteiger partial charge < -0.3 is 16.0 Å². The molecule has 3 N–H and O–H groups in total. The van der Waals surface area contributed by atoms with Crippen LogP contribution in [-0.2, 0) is 6.18 Å². The number of halogens is 3. The molecule has 19 heavy (non-hydrogen) atoms. The molecule has 0 spiro atoms. The number of carbonyl (C=O) groups excluding carboxylic acids is 1. The van der Waals surface area contributed by atoms with Crippen LogP contribution in [-0.4, -0.2) is 35.5 Å². The summed E-state index contributed by atoms with van der Waals surface area (Å²) < 4.78 is 37.8. The van der Waals surface area contributed by atoms with Gasteiger partial charge in [0.2, 0.25) is 0 Å². The van der Waals surface area contributed by atoms with Crippen LogP contribution in [0.25, 0.3) is 0 Å². The van der Waals surface area contributed by atoms with Crippen molar-refractivity contribution in [1.29, 1.82) is 0 Å². The van der Waals surface area contributed by atoms with Gasteiger partial charge in [0.15, 0.2) is 0 Å². The second kappa shape index (κ2) is 5.04. The highest BCUT2D eigenvalue weighted by molar-refractivity contribution is 5.72. The van der Waals surface area contributed by atoms with E-state index >= 15 is 0 Å². The fourth-order valence-corrected chi connectivity index (χ4v) is 2.08. The van der Waals surface area contributed by atoms with Crippen molar-refractivity contribution < 1.29 is 18.0 Å². The Morgan fingerprint density at radius 1 is 1.53 bits per heavy atom. The largest absolute Gasteiger partial charge is 0.433 e. The third-order valence-electron chi connectivity index (χ3n) is 2.99. The zero-order valence-electron chi connectivity index (χ0n) is 9.94. The summed E-state index contributed by atoms with van der Waals surface area (Å²) >= 11 is 0. The summed E-state index contributed by atoms with van der Waals surface area (Å²) in [6.45, 7) is 1.30. The van der Waals surface area contributed by atoms with Crippen LogP contribution in [0.2, 0.25) is 0 Å². The second-order valence-corrected chi connectivity index (χ2v) is 4.22. The number of urea groups is 1. The lowest BCUT2D eigenvalue weighted by Crippen LogP contribution is -2.50. The van der Waals surface area contributed by atoms with E-state index in [0.29, 0.717) is 25.2 Å². The van der Waals surface area contributed by atoms with Crippen molar-refractivity contribution in [3.05, 3.63) is 29.6 Å². The fourth-order valence-electron chi connectivity index (χ4n) is 2.08. The maximum absolute atomic E-state index is 12.6. The van der Waals surface area contributed by atoms with Crippen LogP contribution in [0.5, 0.6) is 0 Å². The molecule has 1 aliphatic heterocycles. The summed E-state index contributed by atoms with van der Waals surface area (Å²) in [5.74, 6) is 0. The minimum atomic E-state index is -4.50. The molecule has 5 nitrogen and oxygen atoms in total. The number of nitrogens with two attached hydrogens (primary N) is 1. The Kier molecular flexibility index (Phi) is 3.61. The maximum Gasteiger partial charge on any atom is 0.433 e. The average molecular weight is 274 g/mol. The van der Waals surface area contributed by atoms with Gasteiger partial charge in [-0.25, -0.2) is 4.79 Å². The van der Waals surface area contributed by atoms with Gasteiger partial charge in [-0.2, -0.15) is 13.2 Å². The monoisotopic (exact) mass is 274 g/mol. The zero-order valence-corrected chi connectivity index (χ0v) is 9.94. The second-order valence-electron chi connectivity index (χ2n) is 4.22. The molecule has 1 aromatic heterocycles. The smallest absolute Gasteiger partial charge is 0.351 e. The van der Waals surface area contributed by atoms with E-state index in [9.17, 15) is 18.0 Å². The van der Waals surface area contributed by atoms with Crippen molar-refractivity contribution in [2.45, 2.75) is 12.2 Å². The zero-order chi connectivity index (χ0) is 14.0. The lowest BCUT2D eigenvalue weighted by molar-refractivity contribution is -0.141. The lowest BCUT2D eigenvalue weighted by atomic mass is 10.0. The fraction of sp³-hybridized carbons (Fsp3) is 0.455. The van der Waals surface area contributed by atoms with Gasteiger partial charge in [0, 0.05) is 25.8 Å². The minimum absolute atomic E-state index is 0.365. The first-order chi connectivity index (χ1) is 8.89. The molecule has 1 fully saturated rings. The van der Waals surface area contributed by atoms with Crippen LogP contribution in [0.1, 0.15) is 17.3 Å². The molecule has 1 saturated heterocycles. The van der Waals surface area contributed by atoms with Gasteiger partial charge in [-0.15, -0.1) is 0 Å². The van der Waals surface area contributed by atoms with Gasteiger partial charge in [-0.05, 0) is 17.7 Å². The van der Waals surface area contributed by atoms with Crippen molar-refractivity contribution in [3.63, 3.8) is 0 Å². The quantitative estimate of drug-likeness (QED) is 0.806. The van der Waals surface area contributed by atoms with E-state index in [4.69, 9.17) is 5.73 Å². The highest BCUT2D eigenvalue weighted by atomic mass is 19.4. The van der Waals surface area contributed by atoms with Crippen LogP contribution in [0.4, 0.5) is 18.0 Å². The first-order valence-corrected chi connectivity index (χ1v) is 5.69. The van der Waals surface area contributed by atoms with E-state index < -0.39 is 23.9 Å². The lowest BCUT2D eigenvalue weighted by Gasteiger charge is -2.35. The van der Waals surface area contributed by atoms with Crippen molar-refractivity contribution in [1.82, 2.24) is 15.2 Å². The normalized spacial score (nSPS) is 20.4. The van der Waals surface area contributed by atoms with Crippen molar-refractivity contribution in [2.75, 3.05) is 19.6 Å². The predicted octanol–water partition coefficient (Wildman–Crippen LogP) is 1.13. The summed E-state index contributed by atoms with van der Waals surface area (Å²) in [6.07, 6.45) is -3.42. The van der Waals surface area contributed by atoms with Gasteiger partial charge in [0.25, 0.3) is 0 Å². The first kappa shape index (κ1) is 13.6. The van der Waals surface area contributed by atoms with Gasteiger partial charge in [0.1, 0.15) is 5.69 Å². The maximum atomic E-state index is 12.6. The Hall–Kier alpha value is -1.83. The van der Waals surface area contributed by atoms with Gasteiger partial charge >= 0.3 is 12.2 Å². The molecular weight excluding hydrogens is 261 g/mol. The molecule has 2 heterocycles. The topological polar surface area (TPSA) is 71.2 Å². The molecular formula is C11H13F3N4O. The molecule has 104 valence electrons. The third kappa shape index (κ3) is 2.95. The number of aromatic nitrogens is 1. The van der Waals surface area contributed by atoms with Crippen molar-refractivity contribution in [2.24, 2.45) is 5.73 Å². The number of alkyl halides is 3. The number of hydrogen-bond donors (Lipinski definition) is 2. The first-order valence-electron chi connectivity index (χ1n) is 5.69. The van der Waals surface area contributed by atoms with Crippen LogP contribution >= 0.6 is 0 Å². The molecule has 2 amide bonds. The van der Waals surface area contributed by atoms with Crippen LogP contribution in [0.3, 0.4) is 0 Å². The van der Waals surface area contributed by atoms with Crippen molar-refractivity contribution >= 4 is 6.03 Å². The highest BCUT2D eigenvalue weighted by Crippen LogP contribution is 2.30. The number of nitrogens with zero attached hydrogens (tertiary/aromatic N) is 2. The van der Waals surface area contributed by atoms with E-state index in [0.717, 1.165) is 12.3 Å². The summed E-state index contributed by atoms with van der Waals surface area (Å²) in [4.78, 5) is 16.0. The molecule has 0 radical (unpaired) electrons. The van der Waals surface area contributed by atoms with Crippen molar-refractivity contribution in [3.8, 4) is 0 Å². The molecule has 1 unspecified atom stereocenters. The third-order valence-corrected chi connectivity index (χ3v) is 2.99. The number of amides is 2. The molecule has 0 aliphatic carbocycles. The van der Waals surface area contributed by atoms with E-state index in [1.165, 1.54) is 11.0 Å². The summed E-state index contributed by atoms with van der Waals surface area (Å²) in [7, 11) is 0. The van der Waals surface area contributed by atoms with E-state index in [-0.39, 0.29) is 0 Å². The number of pyridine rings is 1. The Labute approximate surface area is 107 Å². The van der Waals surface area contributed by atoms with E-state index in [1.54, 1.807) is 0 Å². The number of primary amides is 1.